The molecule has 3 nitrogen and oxygen atoms in total. The van der Waals surface area contributed by atoms with E-state index in [1.807, 2.05) is 54.6 Å². The molecule has 0 aliphatic carbocycles. The van der Waals surface area contributed by atoms with Crippen molar-refractivity contribution >= 4 is 32.6 Å². The van der Waals surface area contributed by atoms with Gasteiger partial charge in [-0.15, -0.1) is 0 Å². The van der Waals surface area contributed by atoms with Gasteiger partial charge in [0.25, 0.3) is 0 Å². The van der Waals surface area contributed by atoms with E-state index in [0.717, 1.165) is 32.1 Å². The number of hydrogen-bond donors (Lipinski definition) is 1. The van der Waals surface area contributed by atoms with E-state index in [2.05, 4.69) is 27.3 Å². The van der Waals surface area contributed by atoms with E-state index in [1.54, 1.807) is 7.11 Å². The van der Waals surface area contributed by atoms with Gasteiger partial charge in [0, 0.05) is 11.0 Å². The fourth-order valence-electron chi connectivity index (χ4n) is 2.56. The maximum atomic E-state index is 12.1. The molecule has 0 aromatic heterocycles. The van der Waals surface area contributed by atoms with Crippen molar-refractivity contribution in [3.63, 3.8) is 0 Å². The quantitative estimate of drug-likeness (QED) is 0.705. The summed E-state index contributed by atoms with van der Waals surface area (Å²) in [5.74, 6) is 0.866. The van der Waals surface area contributed by atoms with Gasteiger partial charge < -0.3 is 10.1 Å². The number of carbonyl (C=O) groups is 1. The molecule has 0 saturated carbocycles. The van der Waals surface area contributed by atoms with Crippen LogP contribution in [0.5, 0.6) is 5.75 Å². The molecule has 0 spiro atoms. The van der Waals surface area contributed by atoms with Gasteiger partial charge in [0.1, 0.15) is 5.75 Å². The lowest BCUT2D eigenvalue weighted by Gasteiger charge is -2.08. The molecule has 1 amide bonds. The van der Waals surface area contributed by atoms with Crippen LogP contribution in [-0.2, 0) is 17.8 Å². The van der Waals surface area contributed by atoms with Gasteiger partial charge in [-0.2, -0.15) is 0 Å². The molecule has 24 heavy (non-hydrogen) atoms. The van der Waals surface area contributed by atoms with Crippen molar-refractivity contribution in [2.24, 2.45) is 0 Å². The number of carbonyl (C=O) groups excluding carboxylic acids is 1. The predicted molar refractivity (Wildman–Crippen MR) is 100 cm³/mol. The topological polar surface area (TPSA) is 38.3 Å². The third kappa shape index (κ3) is 4.15. The van der Waals surface area contributed by atoms with Gasteiger partial charge in [0.05, 0.1) is 13.5 Å². The van der Waals surface area contributed by atoms with Crippen molar-refractivity contribution in [2.75, 3.05) is 7.11 Å². The highest BCUT2D eigenvalue weighted by atomic mass is 79.9. The highest BCUT2D eigenvalue weighted by Gasteiger charge is 2.04. The molecule has 3 aromatic carbocycles. The fourth-order valence-corrected chi connectivity index (χ4v) is 2.83. The van der Waals surface area contributed by atoms with Crippen LogP contribution >= 0.6 is 15.9 Å². The zero-order valence-corrected chi connectivity index (χ0v) is 15.0. The van der Waals surface area contributed by atoms with E-state index in [4.69, 9.17) is 4.74 Å². The summed E-state index contributed by atoms with van der Waals surface area (Å²) in [6.07, 6.45) is 0.387. The van der Waals surface area contributed by atoms with Crippen molar-refractivity contribution in [1.29, 1.82) is 0 Å². The van der Waals surface area contributed by atoms with Crippen LogP contribution in [0.25, 0.3) is 10.8 Å². The minimum Gasteiger partial charge on any atom is -0.497 e. The average Bonchev–Trinajstić information content (AvgIpc) is 2.61. The maximum absolute atomic E-state index is 12.1. The summed E-state index contributed by atoms with van der Waals surface area (Å²) in [4.78, 5) is 12.1. The first-order valence-corrected chi connectivity index (χ1v) is 8.51. The molecule has 0 saturated heterocycles. The van der Waals surface area contributed by atoms with Crippen LogP contribution in [0, 0.1) is 0 Å². The third-order valence-electron chi connectivity index (χ3n) is 3.88. The van der Waals surface area contributed by atoms with Crippen molar-refractivity contribution in [1.82, 2.24) is 5.32 Å². The van der Waals surface area contributed by atoms with Gasteiger partial charge in [-0.1, -0.05) is 46.3 Å². The first kappa shape index (κ1) is 16.5. The van der Waals surface area contributed by atoms with E-state index < -0.39 is 0 Å². The van der Waals surface area contributed by atoms with Gasteiger partial charge in [-0.3, -0.25) is 4.79 Å². The van der Waals surface area contributed by atoms with Crippen LogP contribution in [0.3, 0.4) is 0 Å². The summed E-state index contributed by atoms with van der Waals surface area (Å²) in [7, 11) is 1.66. The molecule has 0 radical (unpaired) electrons. The summed E-state index contributed by atoms with van der Waals surface area (Å²) in [5.41, 5.74) is 2.08. The Labute approximate surface area is 149 Å². The average molecular weight is 384 g/mol. The molecule has 3 rings (SSSR count). The molecule has 4 heteroatoms. The number of amides is 1. The molecule has 0 aliphatic heterocycles. The van der Waals surface area contributed by atoms with Crippen LogP contribution in [0.1, 0.15) is 11.1 Å². The lowest BCUT2D eigenvalue weighted by atomic mass is 10.1. The number of rotatable bonds is 5. The zero-order chi connectivity index (χ0) is 16.9. The summed E-state index contributed by atoms with van der Waals surface area (Å²) < 4.78 is 6.25. The second-order valence-corrected chi connectivity index (χ2v) is 6.54. The number of benzene rings is 3. The minimum atomic E-state index is 0.0205. The van der Waals surface area contributed by atoms with Crippen LogP contribution < -0.4 is 10.1 Å². The molecule has 3 aromatic rings. The first-order valence-electron chi connectivity index (χ1n) is 7.72. The summed E-state index contributed by atoms with van der Waals surface area (Å²) in [6, 6.07) is 19.9. The Morgan fingerprint density at radius 1 is 0.958 bits per heavy atom. The third-order valence-corrected chi connectivity index (χ3v) is 4.41. The Kier molecular flexibility index (Phi) is 5.16. The molecular formula is C20H18BrNO2. The Bertz CT molecular complexity index is 859. The Hall–Kier alpha value is -2.33. The second kappa shape index (κ2) is 7.49. The number of fused-ring (bicyclic) bond motifs is 1. The summed E-state index contributed by atoms with van der Waals surface area (Å²) in [5, 5.41) is 5.23. The minimum absolute atomic E-state index is 0.0205. The number of ether oxygens (including phenoxy) is 1. The van der Waals surface area contributed by atoms with E-state index in [0.29, 0.717) is 13.0 Å². The van der Waals surface area contributed by atoms with Crippen molar-refractivity contribution in [3.05, 3.63) is 76.3 Å². The molecule has 0 heterocycles. The Balaban J connectivity index is 1.62. The normalized spacial score (nSPS) is 10.6. The molecular weight excluding hydrogens is 366 g/mol. The number of nitrogens with one attached hydrogen (secondary N) is 1. The smallest absolute Gasteiger partial charge is 0.224 e. The zero-order valence-electron chi connectivity index (χ0n) is 13.4. The summed E-state index contributed by atoms with van der Waals surface area (Å²) >= 11 is 3.39. The van der Waals surface area contributed by atoms with Crippen LogP contribution in [0.15, 0.2) is 65.1 Å². The van der Waals surface area contributed by atoms with Gasteiger partial charge in [-0.25, -0.2) is 0 Å². The second-order valence-electron chi connectivity index (χ2n) is 5.63. The highest BCUT2D eigenvalue weighted by molar-refractivity contribution is 9.10. The Morgan fingerprint density at radius 3 is 2.38 bits per heavy atom. The van der Waals surface area contributed by atoms with Crippen LogP contribution in [-0.4, -0.2) is 13.0 Å². The van der Waals surface area contributed by atoms with Crippen LogP contribution in [0.2, 0.25) is 0 Å². The van der Waals surface area contributed by atoms with E-state index in [9.17, 15) is 4.79 Å². The van der Waals surface area contributed by atoms with Gasteiger partial charge >= 0.3 is 0 Å². The maximum Gasteiger partial charge on any atom is 0.224 e. The standard InChI is InChI=1S/C20H18BrNO2/c1-24-19-9-6-16-10-15(2-5-17(16)12-19)13-22-20(23)11-14-3-7-18(21)8-4-14/h2-10,12H,11,13H2,1H3,(H,22,23). The molecule has 0 fully saturated rings. The Morgan fingerprint density at radius 2 is 1.62 bits per heavy atom. The van der Waals surface area contributed by atoms with Gasteiger partial charge in [0.15, 0.2) is 0 Å². The molecule has 0 bridgehead atoms. The number of methoxy groups -OCH3 is 1. The van der Waals surface area contributed by atoms with Gasteiger partial charge in [-0.05, 0) is 52.2 Å². The predicted octanol–water partition coefficient (Wildman–Crippen LogP) is 4.47. The van der Waals surface area contributed by atoms with Crippen LogP contribution in [0.4, 0.5) is 0 Å². The van der Waals surface area contributed by atoms with Crippen molar-refractivity contribution in [3.8, 4) is 5.75 Å². The lowest BCUT2D eigenvalue weighted by molar-refractivity contribution is -0.120. The molecule has 0 atom stereocenters. The molecule has 0 aliphatic rings. The van der Waals surface area contributed by atoms with E-state index in [1.165, 1.54) is 0 Å². The lowest BCUT2D eigenvalue weighted by Crippen LogP contribution is -2.24. The highest BCUT2D eigenvalue weighted by Crippen LogP contribution is 2.21. The SMILES string of the molecule is COc1ccc2cc(CNC(=O)Cc3ccc(Br)cc3)ccc2c1. The number of halogens is 1. The number of hydrogen-bond acceptors (Lipinski definition) is 2. The monoisotopic (exact) mass is 383 g/mol. The van der Waals surface area contributed by atoms with E-state index in [-0.39, 0.29) is 5.91 Å². The largest absolute Gasteiger partial charge is 0.497 e. The molecule has 0 unspecified atom stereocenters. The summed E-state index contributed by atoms with van der Waals surface area (Å²) in [6.45, 7) is 0.525. The molecule has 1 N–H and O–H groups in total. The first-order chi connectivity index (χ1) is 11.6. The van der Waals surface area contributed by atoms with Gasteiger partial charge in [0.2, 0.25) is 5.91 Å². The van der Waals surface area contributed by atoms with E-state index >= 15 is 0 Å². The van der Waals surface area contributed by atoms with Crippen molar-refractivity contribution < 1.29 is 9.53 Å². The van der Waals surface area contributed by atoms with Crippen molar-refractivity contribution in [2.45, 2.75) is 13.0 Å². The fraction of sp³-hybridized carbons (Fsp3) is 0.150. The molecule has 122 valence electrons.